The maximum Gasteiger partial charge on any atom is 1.00 e. The summed E-state index contributed by atoms with van der Waals surface area (Å²) in [4.78, 5) is 0. The van der Waals surface area contributed by atoms with Crippen molar-refractivity contribution < 1.29 is 18.9 Å². The van der Waals surface area contributed by atoms with Crippen molar-refractivity contribution in [1.29, 1.82) is 0 Å². The molecule has 0 N–H and O–H groups in total. The number of rotatable bonds is 9. The Kier molecular flexibility index (Phi) is 12.3. The molecule has 0 atom stereocenters. The van der Waals surface area contributed by atoms with Crippen molar-refractivity contribution in [3.05, 3.63) is 0 Å². The van der Waals surface area contributed by atoms with Crippen LogP contribution in [0.4, 0.5) is 0 Å². The molecule has 0 aliphatic heterocycles. The molecule has 0 radical (unpaired) electrons. The third-order valence-electron chi connectivity index (χ3n) is 4.32. The van der Waals surface area contributed by atoms with Crippen LogP contribution in [0.3, 0.4) is 0 Å². The molecule has 0 bridgehead atoms. The van der Waals surface area contributed by atoms with Crippen molar-refractivity contribution in [1.82, 2.24) is 0 Å². The summed E-state index contributed by atoms with van der Waals surface area (Å²) >= 11 is 0. The molecule has 24 heavy (non-hydrogen) atoms. The van der Waals surface area contributed by atoms with E-state index in [1.165, 1.54) is 37.1 Å². The van der Waals surface area contributed by atoms with Gasteiger partial charge in [0, 0.05) is 30.6 Å². The Bertz CT molecular complexity index is 365. The van der Waals surface area contributed by atoms with Gasteiger partial charge in [-0.1, -0.05) is 78.7 Å². The van der Waals surface area contributed by atoms with E-state index in [1.54, 1.807) is 0 Å². The van der Waals surface area contributed by atoms with Crippen molar-refractivity contribution in [2.45, 2.75) is 109 Å². The Morgan fingerprint density at radius 1 is 0.667 bits per heavy atom. The van der Waals surface area contributed by atoms with Crippen molar-refractivity contribution in [2.24, 2.45) is 0 Å². The minimum atomic E-state index is -1.10. The third kappa shape index (κ3) is 15.2. The van der Waals surface area contributed by atoms with Crippen LogP contribution in [0.15, 0.2) is 0 Å². The average molecular weight is 375 g/mol. The first-order valence-corrected chi connectivity index (χ1v) is 21.0. The maximum absolute atomic E-state index is 3.98. The summed E-state index contributed by atoms with van der Waals surface area (Å²) in [5.74, 6) is 12.0. The molecule has 0 fully saturated rings. The minimum Gasteiger partial charge on any atom is -0.315 e. The van der Waals surface area contributed by atoms with E-state index in [0.717, 1.165) is 6.42 Å². The second kappa shape index (κ2) is 10.9. The molecule has 0 saturated heterocycles. The summed E-state index contributed by atoms with van der Waals surface area (Å²) in [5, 5.41) is 0. The Balaban J connectivity index is 0. The van der Waals surface area contributed by atoms with Crippen molar-refractivity contribution in [2.75, 3.05) is 0 Å². The molecule has 136 valence electrons. The van der Waals surface area contributed by atoms with Gasteiger partial charge in [-0.2, -0.15) is 23.8 Å². The molecule has 0 aromatic carbocycles. The zero-order valence-electron chi connectivity index (χ0n) is 19.0. The van der Waals surface area contributed by atoms with Crippen molar-refractivity contribution in [3.8, 4) is 11.7 Å². The van der Waals surface area contributed by atoms with E-state index in [4.69, 9.17) is 0 Å². The summed E-state index contributed by atoms with van der Waals surface area (Å²) in [6.45, 7) is 25.3. The topological polar surface area (TPSA) is 0 Å². The molecule has 0 rings (SSSR count). The molecule has 0 nitrogen and oxygen atoms in total. The normalized spacial score (nSPS) is 13.1. The molecular formula is C19H44BLiSi3. The molecule has 0 aromatic rings. The van der Waals surface area contributed by atoms with E-state index >= 15 is 0 Å². The molecule has 0 heterocycles. The van der Waals surface area contributed by atoms with E-state index in [2.05, 4.69) is 77.6 Å². The van der Waals surface area contributed by atoms with Gasteiger partial charge in [0.25, 0.3) is 0 Å². The smallest absolute Gasteiger partial charge is 0.315 e. The van der Waals surface area contributed by atoms with Gasteiger partial charge < -0.3 is 5.82 Å². The standard InChI is InChI=1S/C19H44BSi3.Li/c1-11-12-13-14-15-16-20(17-21(2,3)4,18-22(5,6)7)19-23(8,9)10;/h11-14,17-19H2,1-10H3;/q-1;+1. The number of hydrogen-bond acceptors (Lipinski definition) is 0. The van der Waals surface area contributed by atoms with Gasteiger partial charge in [-0.05, 0) is 6.42 Å². The fourth-order valence-corrected chi connectivity index (χ4v) is 13.7. The van der Waals surface area contributed by atoms with Crippen LogP contribution in [0.25, 0.3) is 0 Å². The minimum absolute atomic E-state index is 0. The van der Waals surface area contributed by atoms with Gasteiger partial charge in [-0.3, -0.25) is 0 Å². The first kappa shape index (κ1) is 27.1. The molecular weight excluding hydrogens is 330 g/mol. The summed E-state index contributed by atoms with van der Waals surface area (Å²) in [6.07, 6.45) is 4.59. The van der Waals surface area contributed by atoms with Crippen molar-refractivity contribution >= 4 is 30.4 Å². The fourth-order valence-electron chi connectivity index (χ4n) is 4.64. The fraction of sp³-hybridized carbons (Fsp3) is 0.895. The van der Waals surface area contributed by atoms with Crippen LogP contribution < -0.4 is 18.9 Å². The van der Waals surface area contributed by atoms with Crippen LogP contribution in [-0.4, -0.2) is 30.4 Å². The SMILES string of the molecule is CCCCCC#C[B-](C[Si](C)(C)C)(C[Si](C)(C)C)C[Si](C)(C)C.[Li+]. The zero-order valence-corrected chi connectivity index (χ0v) is 22.0. The van der Waals surface area contributed by atoms with Crippen LogP contribution in [-0.2, 0) is 0 Å². The third-order valence-corrected chi connectivity index (χ3v) is 10.3. The van der Waals surface area contributed by atoms with Gasteiger partial charge in [0.1, 0.15) is 0 Å². The summed E-state index contributed by atoms with van der Waals surface area (Å²) in [6, 6.07) is 0. The van der Waals surface area contributed by atoms with E-state index in [0.29, 0.717) is 0 Å². The molecule has 0 saturated carbocycles. The molecule has 0 aromatic heterocycles. The number of hydrogen-bond donors (Lipinski definition) is 0. The van der Waals surface area contributed by atoms with Crippen LogP contribution in [0.1, 0.15) is 32.6 Å². The van der Waals surface area contributed by atoms with Gasteiger partial charge in [-0.25, -0.2) is 0 Å². The maximum atomic E-state index is 3.98. The predicted octanol–water partition coefficient (Wildman–Crippen LogP) is 4.19. The largest absolute Gasteiger partial charge is 1.00 e. The Morgan fingerprint density at radius 2 is 1.04 bits per heavy atom. The summed E-state index contributed by atoms with van der Waals surface area (Å²) < 4.78 is 0. The second-order valence-electron chi connectivity index (χ2n) is 11.6. The van der Waals surface area contributed by atoms with Crippen molar-refractivity contribution in [3.63, 3.8) is 0 Å². The molecule has 0 unspecified atom stereocenters. The Hall–Kier alpha value is 0.873. The quantitative estimate of drug-likeness (QED) is 0.322. The van der Waals surface area contributed by atoms with Gasteiger partial charge in [0.05, 0.1) is 6.15 Å². The van der Waals surface area contributed by atoms with Crippen LogP contribution in [0, 0.1) is 11.7 Å². The van der Waals surface area contributed by atoms with Crippen LogP contribution in [0.2, 0.25) is 76.8 Å². The average Bonchev–Trinajstić information content (AvgIpc) is 2.20. The summed E-state index contributed by atoms with van der Waals surface area (Å²) in [7, 11) is -3.29. The first-order chi connectivity index (χ1) is 10.2. The summed E-state index contributed by atoms with van der Waals surface area (Å²) in [5.41, 5.74) is 0. The van der Waals surface area contributed by atoms with E-state index in [-0.39, 0.29) is 18.9 Å². The van der Waals surface area contributed by atoms with Gasteiger partial charge in [0.2, 0.25) is 0 Å². The Morgan fingerprint density at radius 3 is 1.33 bits per heavy atom. The van der Waals surface area contributed by atoms with Crippen LogP contribution >= 0.6 is 0 Å². The molecule has 0 amide bonds. The monoisotopic (exact) mass is 374 g/mol. The van der Waals surface area contributed by atoms with E-state index < -0.39 is 30.4 Å². The van der Waals surface area contributed by atoms with Gasteiger partial charge in [-0.15, -0.1) is 0 Å². The zero-order chi connectivity index (χ0) is 18.4. The second-order valence-corrected chi connectivity index (χ2v) is 28.1. The number of unbranched alkanes of at least 4 members (excludes halogenated alkanes) is 3. The predicted molar refractivity (Wildman–Crippen MR) is 122 cm³/mol. The van der Waals surface area contributed by atoms with E-state index in [9.17, 15) is 0 Å². The molecule has 0 aliphatic carbocycles. The van der Waals surface area contributed by atoms with Crippen LogP contribution in [0.5, 0.6) is 0 Å². The van der Waals surface area contributed by atoms with Gasteiger partial charge >= 0.3 is 18.9 Å². The Labute approximate surface area is 169 Å². The van der Waals surface area contributed by atoms with Gasteiger partial charge in [0.15, 0.2) is 0 Å². The van der Waals surface area contributed by atoms with E-state index in [1.807, 2.05) is 0 Å². The molecule has 5 heteroatoms. The molecule has 0 spiro atoms. The molecule has 0 aliphatic rings. The first-order valence-electron chi connectivity index (χ1n) is 9.88.